The second-order valence-corrected chi connectivity index (χ2v) is 5.18. The van der Waals surface area contributed by atoms with Gasteiger partial charge < -0.3 is 9.88 Å². The van der Waals surface area contributed by atoms with Gasteiger partial charge in [0.2, 0.25) is 0 Å². The minimum Gasteiger partial charge on any atom is -0.349 e. The maximum absolute atomic E-state index is 4.27. The molecule has 2 aromatic heterocycles. The molecule has 0 aliphatic rings. The Labute approximate surface area is 106 Å². The number of aromatic nitrogens is 3. The molecule has 5 heteroatoms. The van der Waals surface area contributed by atoms with Crippen molar-refractivity contribution in [2.75, 3.05) is 13.6 Å². The number of hydrogen-bond acceptors (Lipinski definition) is 4. The topological polar surface area (TPSA) is 44.8 Å². The summed E-state index contributed by atoms with van der Waals surface area (Å²) in [4.78, 5) is 15.3. The summed E-state index contributed by atoms with van der Waals surface area (Å²) in [7, 11) is 2.15. The fraction of sp³-hybridized carbons (Fsp3) is 0.500. The predicted octanol–water partition coefficient (Wildman–Crippen LogP) is 2.24. The molecule has 92 valence electrons. The Morgan fingerprint density at radius 1 is 1.41 bits per heavy atom. The lowest BCUT2D eigenvalue weighted by Gasteiger charge is -2.15. The summed E-state index contributed by atoms with van der Waals surface area (Å²) in [6.45, 7) is 4.15. The largest absolute Gasteiger partial charge is 0.349 e. The van der Waals surface area contributed by atoms with Gasteiger partial charge in [0.05, 0.1) is 11.2 Å². The first-order valence-corrected chi connectivity index (χ1v) is 6.69. The number of nitrogens with zero attached hydrogens (tertiary/aromatic N) is 3. The maximum Gasteiger partial charge on any atom is 0.106 e. The molecule has 2 heterocycles. The summed E-state index contributed by atoms with van der Waals surface area (Å²) in [5.74, 6) is 1.08. The van der Waals surface area contributed by atoms with Crippen molar-refractivity contribution in [1.29, 1.82) is 0 Å². The standard InChI is InChI=1S/C12H18N4S/c1-10-11(17-9-15-10)8-16(2)7-3-4-12-13-5-6-14-12/h5-6,9H,3-4,7-8H2,1-2H3,(H,13,14). The Morgan fingerprint density at radius 2 is 2.29 bits per heavy atom. The molecule has 0 aromatic carbocycles. The summed E-state index contributed by atoms with van der Waals surface area (Å²) < 4.78 is 0. The number of H-pyrrole nitrogens is 1. The molecule has 0 radical (unpaired) electrons. The third-order valence-electron chi connectivity index (χ3n) is 2.77. The van der Waals surface area contributed by atoms with E-state index in [-0.39, 0.29) is 0 Å². The van der Waals surface area contributed by atoms with Gasteiger partial charge in [0.25, 0.3) is 0 Å². The molecule has 1 N–H and O–H groups in total. The third-order valence-corrected chi connectivity index (χ3v) is 3.69. The van der Waals surface area contributed by atoms with Gasteiger partial charge in [-0.2, -0.15) is 0 Å². The van der Waals surface area contributed by atoms with Crippen LogP contribution < -0.4 is 0 Å². The minimum absolute atomic E-state index is 0.995. The molecule has 0 bridgehead atoms. The second-order valence-electron chi connectivity index (χ2n) is 4.24. The van der Waals surface area contributed by atoms with Gasteiger partial charge in [-0.15, -0.1) is 11.3 Å². The maximum atomic E-state index is 4.27. The van der Waals surface area contributed by atoms with E-state index in [1.807, 2.05) is 11.7 Å². The van der Waals surface area contributed by atoms with Crippen molar-refractivity contribution in [3.63, 3.8) is 0 Å². The summed E-state index contributed by atoms with van der Waals surface area (Å²) in [6.07, 6.45) is 5.82. The highest BCUT2D eigenvalue weighted by Crippen LogP contribution is 2.14. The van der Waals surface area contributed by atoms with Crippen LogP contribution in [0.25, 0.3) is 0 Å². The summed E-state index contributed by atoms with van der Waals surface area (Å²) in [5.41, 5.74) is 3.08. The Morgan fingerprint density at radius 3 is 2.94 bits per heavy atom. The van der Waals surface area contributed by atoms with Gasteiger partial charge in [0.1, 0.15) is 5.82 Å². The summed E-state index contributed by atoms with van der Waals surface area (Å²) in [6, 6.07) is 0. The number of aryl methyl sites for hydroxylation is 2. The van der Waals surface area contributed by atoms with Gasteiger partial charge in [-0.25, -0.2) is 9.97 Å². The van der Waals surface area contributed by atoms with Crippen LogP contribution in [0.2, 0.25) is 0 Å². The quantitative estimate of drug-likeness (QED) is 0.855. The number of imidazole rings is 1. The minimum atomic E-state index is 0.995. The number of thiazole rings is 1. The molecule has 0 aliphatic carbocycles. The molecule has 2 aromatic rings. The van der Waals surface area contributed by atoms with Crippen molar-refractivity contribution >= 4 is 11.3 Å². The van der Waals surface area contributed by atoms with Crippen molar-refractivity contribution < 1.29 is 0 Å². The Bertz CT molecular complexity index is 435. The number of hydrogen-bond donors (Lipinski definition) is 1. The third kappa shape index (κ3) is 3.64. The van der Waals surface area contributed by atoms with E-state index in [0.29, 0.717) is 0 Å². The van der Waals surface area contributed by atoms with Crippen LogP contribution in [0.5, 0.6) is 0 Å². The molecule has 4 nitrogen and oxygen atoms in total. The molecular formula is C12H18N4S. The fourth-order valence-corrected chi connectivity index (χ4v) is 2.61. The zero-order chi connectivity index (χ0) is 12.1. The summed E-state index contributed by atoms with van der Waals surface area (Å²) in [5, 5.41) is 0. The van der Waals surface area contributed by atoms with Crippen LogP contribution in [-0.4, -0.2) is 33.4 Å². The van der Waals surface area contributed by atoms with Gasteiger partial charge in [0, 0.05) is 30.2 Å². The Kier molecular flexibility index (Phi) is 4.28. The van der Waals surface area contributed by atoms with Crippen LogP contribution in [0, 0.1) is 6.92 Å². The molecule has 0 saturated heterocycles. The van der Waals surface area contributed by atoms with Crippen LogP contribution in [0.3, 0.4) is 0 Å². The van der Waals surface area contributed by atoms with Crippen LogP contribution >= 0.6 is 11.3 Å². The second kappa shape index (κ2) is 5.93. The lowest BCUT2D eigenvalue weighted by molar-refractivity contribution is 0.323. The molecule has 0 amide bonds. The van der Waals surface area contributed by atoms with Crippen LogP contribution in [-0.2, 0) is 13.0 Å². The molecular weight excluding hydrogens is 232 g/mol. The molecule has 2 rings (SSSR count). The molecule has 0 saturated carbocycles. The number of aromatic amines is 1. The van der Waals surface area contributed by atoms with E-state index >= 15 is 0 Å². The lowest BCUT2D eigenvalue weighted by atomic mass is 10.3. The van der Waals surface area contributed by atoms with Gasteiger partial charge in [-0.3, -0.25) is 0 Å². The Balaban J connectivity index is 1.71. The van der Waals surface area contributed by atoms with E-state index < -0.39 is 0 Å². The van der Waals surface area contributed by atoms with Crippen molar-refractivity contribution in [2.24, 2.45) is 0 Å². The number of nitrogens with one attached hydrogen (secondary N) is 1. The molecule has 0 aliphatic heterocycles. The van der Waals surface area contributed by atoms with Crippen molar-refractivity contribution in [3.8, 4) is 0 Å². The predicted molar refractivity (Wildman–Crippen MR) is 70.1 cm³/mol. The van der Waals surface area contributed by atoms with Crippen molar-refractivity contribution in [2.45, 2.75) is 26.3 Å². The van der Waals surface area contributed by atoms with Gasteiger partial charge in [-0.05, 0) is 26.9 Å². The van der Waals surface area contributed by atoms with E-state index in [9.17, 15) is 0 Å². The van der Waals surface area contributed by atoms with E-state index in [4.69, 9.17) is 0 Å². The zero-order valence-electron chi connectivity index (χ0n) is 10.3. The van der Waals surface area contributed by atoms with Crippen LogP contribution in [0.4, 0.5) is 0 Å². The molecule has 0 spiro atoms. The van der Waals surface area contributed by atoms with Gasteiger partial charge in [0.15, 0.2) is 0 Å². The molecule has 0 fully saturated rings. The normalized spacial score (nSPS) is 11.2. The monoisotopic (exact) mass is 250 g/mol. The smallest absolute Gasteiger partial charge is 0.106 e. The SMILES string of the molecule is Cc1ncsc1CN(C)CCCc1ncc[nH]1. The van der Waals surface area contributed by atoms with Crippen LogP contribution in [0.15, 0.2) is 17.9 Å². The first-order chi connectivity index (χ1) is 8.25. The highest BCUT2D eigenvalue weighted by Gasteiger charge is 2.05. The van der Waals surface area contributed by atoms with E-state index in [0.717, 1.165) is 37.4 Å². The van der Waals surface area contributed by atoms with E-state index in [1.165, 1.54) is 4.88 Å². The van der Waals surface area contributed by atoms with Crippen LogP contribution in [0.1, 0.15) is 22.8 Å². The van der Waals surface area contributed by atoms with E-state index in [2.05, 4.69) is 33.8 Å². The average Bonchev–Trinajstić information content (AvgIpc) is 2.92. The van der Waals surface area contributed by atoms with Gasteiger partial charge in [-0.1, -0.05) is 0 Å². The highest BCUT2D eigenvalue weighted by molar-refractivity contribution is 7.09. The van der Waals surface area contributed by atoms with Gasteiger partial charge >= 0.3 is 0 Å². The zero-order valence-corrected chi connectivity index (χ0v) is 11.1. The first-order valence-electron chi connectivity index (χ1n) is 5.81. The average molecular weight is 250 g/mol. The van der Waals surface area contributed by atoms with Crippen molar-refractivity contribution in [3.05, 3.63) is 34.3 Å². The Hall–Kier alpha value is -1.20. The highest BCUT2D eigenvalue weighted by atomic mass is 32.1. The lowest BCUT2D eigenvalue weighted by Crippen LogP contribution is -2.19. The first kappa shape index (κ1) is 12.3. The fourth-order valence-electron chi connectivity index (χ4n) is 1.75. The molecule has 0 atom stereocenters. The molecule has 17 heavy (non-hydrogen) atoms. The summed E-state index contributed by atoms with van der Waals surface area (Å²) >= 11 is 1.74. The van der Waals surface area contributed by atoms with E-state index in [1.54, 1.807) is 17.5 Å². The van der Waals surface area contributed by atoms with Crippen molar-refractivity contribution in [1.82, 2.24) is 19.9 Å². The molecule has 0 unspecified atom stereocenters. The number of rotatable bonds is 6.